The van der Waals surface area contributed by atoms with E-state index in [0.717, 1.165) is 0 Å². The lowest BCUT2D eigenvalue weighted by Gasteiger charge is -2.12. The molecule has 0 aliphatic heterocycles. The van der Waals surface area contributed by atoms with Crippen LogP contribution in [-0.4, -0.2) is 4.57 Å². The summed E-state index contributed by atoms with van der Waals surface area (Å²) in [5, 5.41) is 0. The van der Waals surface area contributed by atoms with Crippen molar-refractivity contribution in [3.05, 3.63) is 76.5 Å². The third kappa shape index (κ3) is 2.67. The van der Waals surface area contributed by atoms with Crippen molar-refractivity contribution in [1.82, 2.24) is 4.57 Å². The van der Waals surface area contributed by atoms with Gasteiger partial charge in [0.05, 0.1) is 21.1 Å². The number of rotatable bonds is 3. The van der Waals surface area contributed by atoms with Gasteiger partial charge in [-0.3, -0.25) is 0 Å². The molecule has 3 heteroatoms. The molecule has 0 amide bonds. The quantitative estimate of drug-likeness (QED) is 0.400. The monoisotopic (exact) mass is 335 g/mol. The second-order valence-corrected chi connectivity index (χ2v) is 8.17. The summed E-state index contributed by atoms with van der Waals surface area (Å²) >= 11 is 3.69. The number of thiophene rings is 2. The number of aromatic nitrogens is 1. The van der Waals surface area contributed by atoms with E-state index in [4.69, 9.17) is 0 Å². The first kappa shape index (κ1) is 14.5. The van der Waals surface area contributed by atoms with E-state index in [9.17, 15) is 0 Å². The molecule has 0 saturated heterocycles. The summed E-state index contributed by atoms with van der Waals surface area (Å²) in [6, 6.07) is 23.9. The molecule has 4 aromatic rings. The van der Waals surface area contributed by atoms with Gasteiger partial charge >= 0.3 is 0 Å². The van der Waals surface area contributed by atoms with E-state index >= 15 is 0 Å². The Bertz CT molecular complexity index is 883. The molecule has 4 rings (SSSR count). The van der Waals surface area contributed by atoms with Crippen LogP contribution in [0.1, 0.15) is 9.75 Å². The summed E-state index contributed by atoms with van der Waals surface area (Å²) in [6.07, 6.45) is 0. The van der Waals surface area contributed by atoms with Gasteiger partial charge in [0, 0.05) is 15.4 Å². The standard InChI is InChI=1S/C20H17NS2/c1-14-8-12-19(22-14)17-10-11-18(20-13-9-15(2)23-20)21(17)16-6-4-3-5-7-16/h3-13H,1-2H3. The predicted molar refractivity (Wildman–Crippen MR) is 102 cm³/mol. The maximum absolute atomic E-state index is 2.37. The lowest BCUT2D eigenvalue weighted by atomic mass is 10.2. The molecule has 3 aromatic heterocycles. The molecular weight excluding hydrogens is 318 g/mol. The fourth-order valence-corrected chi connectivity index (χ4v) is 4.59. The normalized spacial score (nSPS) is 11.0. The van der Waals surface area contributed by atoms with Crippen molar-refractivity contribution < 1.29 is 0 Å². The minimum Gasteiger partial charge on any atom is -0.308 e. The number of nitrogens with zero attached hydrogens (tertiary/aromatic N) is 1. The summed E-state index contributed by atoms with van der Waals surface area (Å²) in [6.45, 7) is 4.32. The number of para-hydroxylation sites is 1. The third-order valence-corrected chi connectivity index (χ3v) is 5.93. The minimum atomic E-state index is 1.21. The van der Waals surface area contributed by atoms with Gasteiger partial charge in [-0.05, 0) is 62.4 Å². The van der Waals surface area contributed by atoms with Crippen molar-refractivity contribution in [2.24, 2.45) is 0 Å². The second-order valence-electron chi connectivity index (χ2n) is 5.60. The van der Waals surface area contributed by atoms with Gasteiger partial charge in [0.15, 0.2) is 0 Å². The van der Waals surface area contributed by atoms with Crippen molar-refractivity contribution in [3.63, 3.8) is 0 Å². The number of benzene rings is 1. The fourth-order valence-electron chi connectivity index (χ4n) is 2.82. The van der Waals surface area contributed by atoms with Gasteiger partial charge in [0.2, 0.25) is 0 Å². The first-order chi connectivity index (χ1) is 11.2. The second kappa shape index (κ2) is 5.84. The van der Waals surface area contributed by atoms with Crippen molar-refractivity contribution in [2.75, 3.05) is 0 Å². The Kier molecular flexibility index (Phi) is 3.68. The van der Waals surface area contributed by atoms with Gasteiger partial charge in [-0.15, -0.1) is 22.7 Å². The Morgan fingerprint density at radius 3 is 1.57 bits per heavy atom. The van der Waals surface area contributed by atoms with Crippen LogP contribution in [-0.2, 0) is 0 Å². The fraction of sp³-hybridized carbons (Fsp3) is 0.100. The van der Waals surface area contributed by atoms with E-state index in [2.05, 4.69) is 85.1 Å². The summed E-state index contributed by atoms with van der Waals surface area (Å²) in [5.41, 5.74) is 3.73. The third-order valence-electron chi connectivity index (χ3n) is 3.88. The van der Waals surface area contributed by atoms with Gasteiger partial charge in [0.25, 0.3) is 0 Å². The lowest BCUT2D eigenvalue weighted by molar-refractivity contribution is 1.10. The van der Waals surface area contributed by atoms with Crippen LogP contribution in [0.2, 0.25) is 0 Å². The number of hydrogen-bond donors (Lipinski definition) is 0. The summed E-state index contributed by atoms with van der Waals surface area (Å²) in [7, 11) is 0. The Labute approximate surface area is 144 Å². The van der Waals surface area contributed by atoms with E-state index < -0.39 is 0 Å². The molecule has 0 spiro atoms. The molecule has 3 heterocycles. The van der Waals surface area contributed by atoms with E-state index in [1.54, 1.807) is 0 Å². The molecule has 0 N–H and O–H groups in total. The molecule has 0 atom stereocenters. The Balaban J connectivity index is 1.96. The van der Waals surface area contributed by atoms with Crippen LogP contribution in [0.15, 0.2) is 66.7 Å². The maximum Gasteiger partial charge on any atom is 0.0635 e. The predicted octanol–water partition coefficient (Wildman–Crippen LogP) is 6.55. The van der Waals surface area contributed by atoms with Crippen molar-refractivity contribution >= 4 is 22.7 Å². The van der Waals surface area contributed by atoms with Crippen LogP contribution in [0.4, 0.5) is 0 Å². The lowest BCUT2D eigenvalue weighted by Crippen LogP contribution is -1.97. The smallest absolute Gasteiger partial charge is 0.0635 e. The van der Waals surface area contributed by atoms with E-state index in [1.807, 2.05) is 22.7 Å². The van der Waals surface area contributed by atoms with Crippen LogP contribution in [0.5, 0.6) is 0 Å². The van der Waals surface area contributed by atoms with Gasteiger partial charge in [-0.2, -0.15) is 0 Å². The number of hydrogen-bond acceptors (Lipinski definition) is 2. The molecule has 0 unspecified atom stereocenters. The molecule has 1 nitrogen and oxygen atoms in total. The average Bonchev–Trinajstić information content (AvgIpc) is 3.26. The van der Waals surface area contributed by atoms with Crippen LogP contribution in [0.3, 0.4) is 0 Å². The zero-order valence-electron chi connectivity index (χ0n) is 13.1. The van der Waals surface area contributed by atoms with Gasteiger partial charge in [-0.1, -0.05) is 18.2 Å². The summed E-state index contributed by atoms with van der Waals surface area (Å²) < 4.78 is 2.37. The Morgan fingerprint density at radius 2 is 1.13 bits per heavy atom. The highest BCUT2D eigenvalue weighted by Crippen LogP contribution is 2.37. The SMILES string of the molecule is Cc1ccc(-c2ccc(-c3ccc(C)s3)n2-c2ccccc2)s1. The maximum atomic E-state index is 2.37. The minimum absolute atomic E-state index is 1.21. The molecule has 0 aliphatic rings. The average molecular weight is 335 g/mol. The largest absolute Gasteiger partial charge is 0.308 e. The zero-order valence-corrected chi connectivity index (χ0v) is 14.7. The highest BCUT2D eigenvalue weighted by atomic mass is 32.1. The summed E-state index contributed by atoms with van der Waals surface area (Å²) in [5.74, 6) is 0. The molecule has 23 heavy (non-hydrogen) atoms. The van der Waals surface area contributed by atoms with Crippen LogP contribution >= 0.6 is 22.7 Å². The van der Waals surface area contributed by atoms with Crippen LogP contribution in [0, 0.1) is 13.8 Å². The molecule has 0 bridgehead atoms. The highest BCUT2D eigenvalue weighted by Gasteiger charge is 2.15. The Hall–Kier alpha value is -2.10. The topological polar surface area (TPSA) is 4.93 Å². The molecule has 0 saturated carbocycles. The van der Waals surface area contributed by atoms with E-state index in [1.165, 1.54) is 36.6 Å². The van der Waals surface area contributed by atoms with Crippen molar-refractivity contribution in [2.45, 2.75) is 13.8 Å². The number of aryl methyl sites for hydroxylation is 2. The highest BCUT2D eigenvalue weighted by molar-refractivity contribution is 7.15. The molecule has 114 valence electrons. The van der Waals surface area contributed by atoms with Crippen LogP contribution in [0.25, 0.3) is 26.8 Å². The molecule has 0 aliphatic carbocycles. The first-order valence-corrected chi connectivity index (χ1v) is 9.26. The first-order valence-electron chi connectivity index (χ1n) is 7.63. The van der Waals surface area contributed by atoms with Gasteiger partial charge in [0.1, 0.15) is 0 Å². The van der Waals surface area contributed by atoms with E-state index in [-0.39, 0.29) is 0 Å². The Morgan fingerprint density at radius 1 is 0.609 bits per heavy atom. The zero-order chi connectivity index (χ0) is 15.8. The van der Waals surface area contributed by atoms with E-state index in [0.29, 0.717) is 0 Å². The van der Waals surface area contributed by atoms with Gasteiger partial charge in [-0.25, -0.2) is 0 Å². The summed E-state index contributed by atoms with van der Waals surface area (Å²) in [4.78, 5) is 5.31. The van der Waals surface area contributed by atoms with Crippen molar-refractivity contribution in [3.8, 4) is 26.8 Å². The molecule has 0 fully saturated rings. The molecule has 0 radical (unpaired) electrons. The van der Waals surface area contributed by atoms with Crippen LogP contribution < -0.4 is 0 Å². The molecule has 1 aromatic carbocycles. The van der Waals surface area contributed by atoms with Crippen molar-refractivity contribution in [1.29, 1.82) is 0 Å². The van der Waals surface area contributed by atoms with Gasteiger partial charge < -0.3 is 4.57 Å². The molecular formula is C20H17NS2.